The van der Waals surface area contributed by atoms with E-state index in [-0.39, 0.29) is 5.91 Å². The Morgan fingerprint density at radius 2 is 1.88 bits per heavy atom. The number of nitrogens with two attached hydrogens (primary N) is 2. The molecule has 5 aromatic rings. The first-order valence-electron chi connectivity index (χ1n) is 10.4. The first kappa shape index (κ1) is 20.8. The van der Waals surface area contributed by atoms with Crippen molar-refractivity contribution >= 4 is 39.3 Å². The highest BCUT2D eigenvalue weighted by Crippen LogP contribution is 2.25. The second kappa shape index (κ2) is 8.79. The number of anilines is 2. The lowest BCUT2D eigenvalue weighted by molar-refractivity contribution is 0.0963. The second-order valence-electron chi connectivity index (χ2n) is 7.48. The molecule has 10 heteroatoms. The van der Waals surface area contributed by atoms with E-state index in [1.54, 1.807) is 18.5 Å². The van der Waals surface area contributed by atoms with E-state index in [0.29, 0.717) is 17.3 Å². The van der Waals surface area contributed by atoms with E-state index in [4.69, 9.17) is 11.5 Å². The molecule has 0 saturated heterocycles. The molecule has 0 aliphatic heterocycles. The fourth-order valence-corrected chi connectivity index (χ4v) is 3.57. The molecule has 3 heterocycles. The molecule has 0 bridgehead atoms. The summed E-state index contributed by atoms with van der Waals surface area (Å²) >= 11 is 0. The Kier molecular flexibility index (Phi) is 5.37. The third-order valence-electron chi connectivity index (χ3n) is 5.23. The van der Waals surface area contributed by atoms with Crippen molar-refractivity contribution in [2.24, 2.45) is 11.5 Å². The number of carbonyl (C=O) groups excluding carboxylic acids is 1. The van der Waals surface area contributed by atoms with Crippen LogP contribution in [0.5, 0.6) is 0 Å². The molecule has 3 aromatic heterocycles. The quantitative estimate of drug-likeness (QED) is 0.216. The summed E-state index contributed by atoms with van der Waals surface area (Å²) in [5.41, 5.74) is 15.9. The number of carbonyl (C=O) groups is 1. The van der Waals surface area contributed by atoms with Gasteiger partial charge in [0.1, 0.15) is 5.69 Å². The van der Waals surface area contributed by atoms with Crippen LogP contribution >= 0.6 is 0 Å². The number of H-pyrrole nitrogens is 2. The average Bonchev–Trinajstić information content (AvgIpc) is 3.50. The lowest BCUT2D eigenvalue weighted by atomic mass is 10.1. The molecule has 0 radical (unpaired) electrons. The van der Waals surface area contributed by atoms with Gasteiger partial charge < -0.3 is 27.1 Å². The highest BCUT2D eigenvalue weighted by atomic mass is 16.1. The maximum atomic E-state index is 12.5. The van der Waals surface area contributed by atoms with Crippen LogP contribution in [-0.2, 0) is 0 Å². The molecular weight excluding hydrogens is 430 g/mol. The zero-order valence-corrected chi connectivity index (χ0v) is 17.9. The number of nitrogens with zero attached hydrogens (tertiary/aromatic N) is 3. The van der Waals surface area contributed by atoms with Crippen LogP contribution < -0.4 is 22.1 Å². The van der Waals surface area contributed by atoms with Gasteiger partial charge in [-0.3, -0.25) is 9.89 Å². The molecule has 0 aliphatic carbocycles. The first-order valence-corrected chi connectivity index (χ1v) is 10.4. The number of allylic oxidation sites excluding steroid dienone is 1. The van der Waals surface area contributed by atoms with E-state index in [2.05, 4.69) is 35.8 Å². The van der Waals surface area contributed by atoms with Crippen LogP contribution in [0.25, 0.3) is 33.1 Å². The highest BCUT2D eigenvalue weighted by Gasteiger charge is 2.12. The zero-order valence-electron chi connectivity index (χ0n) is 17.9. The van der Waals surface area contributed by atoms with E-state index in [1.165, 1.54) is 18.5 Å². The van der Waals surface area contributed by atoms with E-state index in [1.807, 2.05) is 42.5 Å². The van der Waals surface area contributed by atoms with Crippen LogP contribution in [0.3, 0.4) is 0 Å². The van der Waals surface area contributed by atoms with Crippen molar-refractivity contribution < 1.29 is 4.79 Å². The third kappa shape index (κ3) is 4.15. The molecule has 1 amide bonds. The topological polar surface area (TPSA) is 163 Å². The van der Waals surface area contributed by atoms with Gasteiger partial charge in [-0.1, -0.05) is 12.1 Å². The van der Waals surface area contributed by atoms with Crippen LogP contribution in [0.4, 0.5) is 11.6 Å². The Bertz CT molecular complexity index is 1560. The van der Waals surface area contributed by atoms with Crippen LogP contribution in [0.15, 0.2) is 85.1 Å². The molecular formula is C24H21N9O. The van der Waals surface area contributed by atoms with Gasteiger partial charge in [0.05, 0.1) is 23.1 Å². The summed E-state index contributed by atoms with van der Waals surface area (Å²) in [5, 5.41) is 14.8. The minimum Gasteiger partial charge on any atom is -0.405 e. The van der Waals surface area contributed by atoms with Crippen LogP contribution in [0, 0.1) is 0 Å². The molecule has 8 N–H and O–H groups in total. The summed E-state index contributed by atoms with van der Waals surface area (Å²) in [6.45, 7) is 0. The van der Waals surface area contributed by atoms with Gasteiger partial charge in [-0.25, -0.2) is 9.97 Å². The molecule has 168 valence electrons. The second-order valence-corrected chi connectivity index (χ2v) is 7.48. The molecule has 0 atom stereocenters. The standard InChI is InChI=1S/C24H21N9O/c25-7-5-18(12-26)29-23(34)22-10-15-2-1-14(9-20(15)31-22)19-6-8-27-24(32-19)30-17-4-3-16-13-28-33-21(16)11-17/h1-13,31H,25-26H2,(H,28,33)(H,29,34)(H,27,30,32)/b7-5-,18-12+. The zero-order chi connectivity index (χ0) is 23.5. The van der Waals surface area contributed by atoms with E-state index >= 15 is 0 Å². The highest BCUT2D eigenvalue weighted by molar-refractivity contribution is 5.99. The fourth-order valence-electron chi connectivity index (χ4n) is 3.57. The van der Waals surface area contributed by atoms with E-state index in [0.717, 1.165) is 38.8 Å². The smallest absolute Gasteiger partial charge is 0.272 e. The van der Waals surface area contributed by atoms with Crippen molar-refractivity contribution in [2.45, 2.75) is 0 Å². The Balaban J connectivity index is 1.39. The predicted molar refractivity (Wildman–Crippen MR) is 132 cm³/mol. The van der Waals surface area contributed by atoms with E-state index < -0.39 is 0 Å². The number of rotatable bonds is 6. The molecule has 0 unspecified atom stereocenters. The third-order valence-corrected chi connectivity index (χ3v) is 5.23. The summed E-state index contributed by atoms with van der Waals surface area (Å²) in [5.74, 6) is 0.146. The van der Waals surface area contributed by atoms with Gasteiger partial charge in [0, 0.05) is 39.9 Å². The number of fused-ring (bicyclic) bond motifs is 2. The van der Waals surface area contributed by atoms with E-state index in [9.17, 15) is 4.79 Å². The van der Waals surface area contributed by atoms with Crippen molar-refractivity contribution in [1.29, 1.82) is 0 Å². The number of aromatic amines is 2. The van der Waals surface area contributed by atoms with Gasteiger partial charge in [0.15, 0.2) is 0 Å². The fraction of sp³-hybridized carbons (Fsp3) is 0. The van der Waals surface area contributed by atoms with Gasteiger partial charge >= 0.3 is 0 Å². The molecule has 2 aromatic carbocycles. The van der Waals surface area contributed by atoms with Crippen LogP contribution in [0.2, 0.25) is 0 Å². The maximum Gasteiger partial charge on any atom is 0.272 e. The number of aromatic nitrogens is 5. The van der Waals surface area contributed by atoms with Gasteiger partial charge in [-0.05, 0) is 48.7 Å². The Morgan fingerprint density at radius 1 is 1.00 bits per heavy atom. The SMILES string of the molecule is N/C=C\C(=C/N)NC(=O)c1cc2ccc(-c3ccnc(Nc4ccc5cn[nH]c5c4)n3)cc2[nH]1. The van der Waals surface area contributed by atoms with Crippen molar-refractivity contribution in [2.75, 3.05) is 5.32 Å². The normalized spacial score (nSPS) is 11.9. The van der Waals surface area contributed by atoms with Gasteiger partial charge in [-0.2, -0.15) is 5.10 Å². The Morgan fingerprint density at radius 3 is 2.74 bits per heavy atom. The molecule has 5 rings (SSSR count). The lowest BCUT2D eigenvalue weighted by Crippen LogP contribution is -2.23. The molecule has 0 aliphatic rings. The summed E-state index contributed by atoms with van der Waals surface area (Å²) in [6, 6.07) is 15.3. The van der Waals surface area contributed by atoms with Crippen LogP contribution in [0.1, 0.15) is 10.5 Å². The number of benzene rings is 2. The average molecular weight is 451 g/mol. The van der Waals surface area contributed by atoms with Crippen molar-refractivity contribution in [3.63, 3.8) is 0 Å². The van der Waals surface area contributed by atoms with Gasteiger partial charge in [0.2, 0.25) is 5.95 Å². The van der Waals surface area contributed by atoms with Gasteiger partial charge in [0.25, 0.3) is 5.91 Å². The van der Waals surface area contributed by atoms with Crippen molar-refractivity contribution in [1.82, 2.24) is 30.5 Å². The Labute approximate surface area is 193 Å². The molecule has 0 fully saturated rings. The van der Waals surface area contributed by atoms with Crippen molar-refractivity contribution in [3.05, 3.63) is 90.8 Å². The largest absolute Gasteiger partial charge is 0.405 e. The Hall–Kier alpha value is -5.12. The first-order chi connectivity index (χ1) is 16.6. The monoisotopic (exact) mass is 451 g/mol. The number of amides is 1. The van der Waals surface area contributed by atoms with Gasteiger partial charge in [-0.15, -0.1) is 0 Å². The molecule has 34 heavy (non-hydrogen) atoms. The minimum atomic E-state index is -0.324. The molecule has 10 nitrogen and oxygen atoms in total. The molecule has 0 saturated carbocycles. The molecule has 0 spiro atoms. The number of hydrogen-bond acceptors (Lipinski definition) is 7. The summed E-state index contributed by atoms with van der Waals surface area (Å²) in [6.07, 6.45) is 7.55. The lowest BCUT2D eigenvalue weighted by Gasteiger charge is -2.07. The van der Waals surface area contributed by atoms with Crippen LogP contribution in [-0.4, -0.2) is 31.1 Å². The summed E-state index contributed by atoms with van der Waals surface area (Å²) in [4.78, 5) is 24.7. The number of hydrogen-bond donors (Lipinski definition) is 6. The minimum absolute atomic E-state index is 0.324. The maximum absolute atomic E-state index is 12.5. The van der Waals surface area contributed by atoms with Crippen molar-refractivity contribution in [3.8, 4) is 11.3 Å². The predicted octanol–water partition coefficient (Wildman–Crippen LogP) is 3.25. The number of nitrogens with one attached hydrogen (secondary N) is 4. The summed E-state index contributed by atoms with van der Waals surface area (Å²) < 4.78 is 0. The summed E-state index contributed by atoms with van der Waals surface area (Å²) in [7, 11) is 0.